The number of carbonyl (C=O) groups excluding carboxylic acids is 2. The first-order valence-corrected chi connectivity index (χ1v) is 5.35. The maximum atomic E-state index is 11.5. The van der Waals surface area contributed by atoms with E-state index in [1.54, 1.807) is 4.90 Å². The van der Waals surface area contributed by atoms with E-state index in [0.717, 1.165) is 25.7 Å². The van der Waals surface area contributed by atoms with Gasteiger partial charge in [0.2, 0.25) is 5.91 Å². The van der Waals surface area contributed by atoms with Gasteiger partial charge in [-0.3, -0.25) is 10.1 Å². The van der Waals surface area contributed by atoms with Crippen molar-refractivity contribution in [2.45, 2.75) is 38.6 Å². The van der Waals surface area contributed by atoms with Gasteiger partial charge in [0.25, 0.3) is 0 Å². The quantitative estimate of drug-likeness (QED) is 0.683. The van der Waals surface area contributed by atoms with Crippen LogP contribution in [0.3, 0.4) is 0 Å². The molecule has 2 atom stereocenters. The molecule has 1 aliphatic carbocycles. The Morgan fingerprint density at radius 2 is 2.07 bits per heavy atom. The average molecular weight is 196 g/mol. The van der Waals surface area contributed by atoms with E-state index in [9.17, 15) is 9.59 Å². The highest BCUT2D eigenvalue weighted by Gasteiger charge is 2.41. The topological polar surface area (TPSA) is 49.4 Å². The van der Waals surface area contributed by atoms with Crippen LogP contribution in [0.15, 0.2) is 0 Å². The van der Waals surface area contributed by atoms with E-state index in [4.69, 9.17) is 0 Å². The second-order valence-corrected chi connectivity index (χ2v) is 4.04. The van der Waals surface area contributed by atoms with Gasteiger partial charge in [0.05, 0.1) is 5.92 Å². The number of hydrogen-bond acceptors (Lipinski definition) is 2. The van der Waals surface area contributed by atoms with Crippen LogP contribution in [0.4, 0.5) is 4.79 Å². The zero-order valence-electron chi connectivity index (χ0n) is 8.45. The van der Waals surface area contributed by atoms with Crippen LogP contribution in [-0.2, 0) is 4.79 Å². The summed E-state index contributed by atoms with van der Waals surface area (Å²) in [5, 5.41) is 2.43. The van der Waals surface area contributed by atoms with Crippen molar-refractivity contribution in [3.63, 3.8) is 0 Å². The first-order chi connectivity index (χ1) is 6.74. The molecule has 14 heavy (non-hydrogen) atoms. The van der Waals surface area contributed by atoms with Gasteiger partial charge in [0, 0.05) is 12.6 Å². The Bertz CT molecular complexity index is 249. The molecule has 2 unspecified atom stereocenters. The van der Waals surface area contributed by atoms with E-state index in [0.29, 0.717) is 6.54 Å². The minimum absolute atomic E-state index is 0.0430. The van der Waals surface area contributed by atoms with Gasteiger partial charge in [-0.1, -0.05) is 12.8 Å². The molecule has 3 amide bonds. The van der Waals surface area contributed by atoms with Crippen LogP contribution in [0.2, 0.25) is 0 Å². The molecule has 1 N–H and O–H groups in total. The molecule has 2 aliphatic rings. The minimum Gasteiger partial charge on any atom is -0.321 e. The Balaban J connectivity index is 2.19. The van der Waals surface area contributed by atoms with Crippen molar-refractivity contribution in [2.24, 2.45) is 5.92 Å². The number of amides is 3. The van der Waals surface area contributed by atoms with Crippen molar-refractivity contribution in [1.82, 2.24) is 10.2 Å². The van der Waals surface area contributed by atoms with Crippen molar-refractivity contribution < 1.29 is 9.59 Å². The summed E-state index contributed by atoms with van der Waals surface area (Å²) >= 11 is 0. The summed E-state index contributed by atoms with van der Waals surface area (Å²) in [5.74, 6) is -0.0224. The van der Waals surface area contributed by atoms with E-state index in [-0.39, 0.29) is 23.9 Å². The van der Waals surface area contributed by atoms with E-state index in [2.05, 4.69) is 5.32 Å². The SMILES string of the molecule is CCN1C(=O)NC(=O)C2CCCCC21. The second kappa shape index (κ2) is 3.59. The molecular weight excluding hydrogens is 180 g/mol. The van der Waals surface area contributed by atoms with Gasteiger partial charge in [-0.25, -0.2) is 4.79 Å². The molecule has 78 valence electrons. The molecule has 2 rings (SSSR count). The van der Waals surface area contributed by atoms with Crippen molar-refractivity contribution in [3.8, 4) is 0 Å². The number of carbonyl (C=O) groups is 2. The molecule has 2 fully saturated rings. The normalized spacial score (nSPS) is 32.5. The average Bonchev–Trinajstić information content (AvgIpc) is 2.18. The molecule has 0 aromatic rings. The zero-order chi connectivity index (χ0) is 10.1. The largest absolute Gasteiger partial charge is 0.324 e. The Morgan fingerprint density at radius 3 is 2.79 bits per heavy atom. The van der Waals surface area contributed by atoms with Crippen molar-refractivity contribution in [1.29, 1.82) is 0 Å². The van der Waals surface area contributed by atoms with E-state index >= 15 is 0 Å². The van der Waals surface area contributed by atoms with Crippen molar-refractivity contribution in [2.75, 3.05) is 6.54 Å². The fraction of sp³-hybridized carbons (Fsp3) is 0.800. The fourth-order valence-electron chi connectivity index (χ4n) is 2.59. The lowest BCUT2D eigenvalue weighted by molar-refractivity contribution is -0.129. The van der Waals surface area contributed by atoms with E-state index in [1.165, 1.54) is 0 Å². The number of nitrogens with one attached hydrogen (secondary N) is 1. The monoisotopic (exact) mass is 196 g/mol. The Morgan fingerprint density at radius 1 is 1.36 bits per heavy atom. The Labute approximate surface area is 83.6 Å². The summed E-state index contributed by atoms with van der Waals surface area (Å²) in [6.45, 7) is 2.65. The van der Waals surface area contributed by atoms with Gasteiger partial charge < -0.3 is 4.90 Å². The molecular formula is C10H16N2O2. The van der Waals surface area contributed by atoms with Crippen LogP contribution in [0.5, 0.6) is 0 Å². The number of urea groups is 1. The molecule has 1 saturated carbocycles. The third kappa shape index (κ3) is 1.38. The smallest absolute Gasteiger partial charge is 0.321 e. The van der Waals surface area contributed by atoms with E-state index in [1.807, 2.05) is 6.92 Å². The lowest BCUT2D eigenvalue weighted by Crippen LogP contribution is -2.60. The van der Waals surface area contributed by atoms with Gasteiger partial charge >= 0.3 is 6.03 Å². The van der Waals surface area contributed by atoms with Crippen molar-refractivity contribution in [3.05, 3.63) is 0 Å². The molecule has 4 heteroatoms. The minimum atomic E-state index is -0.208. The number of fused-ring (bicyclic) bond motifs is 1. The molecule has 0 aromatic carbocycles. The summed E-state index contributed by atoms with van der Waals surface area (Å²) < 4.78 is 0. The standard InChI is InChI=1S/C10H16N2O2/c1-2-12-8-6-4-3-5-7(8)9(13)11-10(12)14/h7-8H,2-6H2,1H3,(H,11,13,14). The summed E-state index contributed by atoms with van der Waals surface area (Å²) in [7, 11) is 0. The van der Waals surface area contributed by atoms with Crippen LogP contribution >= 0.6 is 0 Å². The molecule has 0 aromatic heterocycles. The van der Waals surface area contributed by atoms with Crippen LogP contribution < -0.4 is 5.32 Å². The molecule has 1 saturated heterocycles. The van der Waals surface area contributed by atoms with Gasteiger partial charge in [0.1, 0.15) is 0 Å². The first-order valence-electron chi connectivity index (χ1n) is 5.35. The van der Waals surface area contributed by atoms with Crippen LogP contribution in [0, 0.1) is 5.92 Å². The third-order valence-corrected chi connectivity index (χ3v) is 3.30. The number of hydrogen-bond donors (Lipinski definition) is 1. The molecule has 1 heterocycles. The van der Waals surface area contributed by atoms with Gasteiger partial charge in [-0.15, -0.1) is 0 Å². The highest BCUT2D eigenvalue weighted by Crippen LogP contribution is 2.30. The van der Waals surface area contributed by atoms with E-state index < -0.39 is 0 Å². The van der Waals surface area contributed by atoms with Crippen LogP contribution in [-0.4, -0.2) is 29.4 Å². The number of imide groups is 1. The lowest BCUT2D eigenvalue weighted by Gasteiger charge is -2.42. The maximum Gasteiger partial charge on any atom is 0.324 e. The third-order valence-electron chi connectivity index (χ3n) is 3.30. The summed E-state index contributed by atoms with van der Waals surface area (Å²) in [5.41, 5.74) is 0. The summed E-state index contributed by atoms with van der Waals surface area (Å²) in [6.07, 6.45) is 4.16. The Hall–Kier alpha value is -1.06. The second-order valence-electron chi connectivity index (χ2n) is 4.04. The zero-order valence-corrected chi connectivity index (χ0v) is 8.45. The molecule has 4 nitrogen and oxygen atoms in total. The van der Waals surface area contributed by atoms with Crippen LogP contribution in [0.25, 0.3) is 0 Å². The number of nitrogens with zero attached hydrogens (tertiary/aromatic N) is 1. The van der Waals surface area contributed by atoms with Gasteiger partial charge in [-0.2, -0.15) is 0 Å². The molecule has 1 aliphatic heterocycles. The van der Waals surface area contributed by atoms with Gasteiger partial charge in [-0.05, 0) is 19.8 Å². The predicted molar refractivity (Wildman–Crippen MR) is 51.7 cm³/mol. The summed E-state index contributed by atoms with van der Waals surface area (Å²) in [6, 6.07) is -0.0457. The Kier molecular flexibility index (Phi) is 2.44. The summed E-state index contributed by atoms with van der Waals surface area (Å²) in [4.78, 5) is 24.8. The molecule has 0 bridgehead atoms. The first kappa shape index (κ1) is 9.49. The highest BCUT2D eigenvalue weighted by atomic mass is 16.2. The lowest BCUT2D eigenvalue weighted by atomic mass is 9.82. The van der Waals surface area contributed by atoms with Crippen LogP contribution in [0.1, 0.15) is 32.6 Å². The highest BCUT2D eigenvalue weighted by molar-refractivity contribution is 5.98. The van der Waals surface area contributed by atoms with Gasteiger partial charge in [0.15, 0.2) is 0 Å². The number of rotatable bonds is 1. The predicted octanol–water partition coefficient (Wildman–Crippen LogP) is 1.12. The molecule has 0 spiro atoms. The van der Waals surface area contributed by atoms with Crippen molar-refractivity contribution >= 4 is 11.9 Å². The molecule has 0 radical (unpaired) electrons. The maximum absolute atomic E-state index is 11.5. The fourth-order valence-corrected chi connectivity index (χ4v) is 2.59.